The average Bonchev–Trinajstić information content (AvgIpc) is 2.87. The number of hydrogen-bond acceptors (Lipinski definition) is 3. The van der Waals surface area contributed by atoms with Crippen molar-refractivity contribution in [2.24, 2.45) is 11.7 Å². The summed E-state index contributed by atoms with van der Waals surface area (Å²) in [7, 11) is 0. The molecule has 5 nitrogen and oxygen atoms in total. The SMILES string of the molecule is CC(CN)C(=O)Nc1ccnn1Cc1ccc(Br)cc1.Cl. The molecule has 1 heterocycles. The molecule has 1 unspecified atom stereocenters. The topological polar surface area (TPSA) is 72.9 Å². The summed E-state index contributed by atoms with van der Waals surface area (Å²) < 4.78 is 2.79. The average molecular weight is 374 g/mol. The first-order chi connectivity index (χ1) is 9.60. The number of aromatic nitrogens is 2. The zero-order valence-corrected chi connectivity index (χ0v) is 14.0. The lowest BCUT2D eigenvalue weighted by atomic mass is 10.2. The van der Waals surface area contributed by atoms with Gasteiger partial charge in [-0.2, -0.15) is 5.10 Å². The van der Waals surface area contributed by atoms with Crippen molar-refractivity contribution in [2.75, 3.05) is 11.9 Å². The molecule has 7 heteroatoms. The van der Waals surface area contributed by atoms with E-state index in [2.05, 4.69) is 26.3 Å². The normalized spacial score (nSPS) is 11.6. The van der Waals surface area contributed by atoms with Crippen LogP contribution in [0.3, 0.4) is 0 Å². The van der Waals surface area contributed by atoms with Gasteiger partial charge in [-0.25, -0.2) is 4.68 Å². The number of nitrogens with one attached hydrogen (secondary N) is 1. The number of rotatable bonds is 5. The van der Waals surface area contributed by atoms with Crippen LogP contribution in [0.25, 0.3) is 0 Å². The third kappa shape index (κ3) is 4.84. The molecule has 1 aromatic carbocycles. The van der Waals surface area contributed by atoms with Crippen LogP contribution in [0.1, 0.15) is 12.5 Å². The molecular weight excluding hydrogens is 356 g/mol. The maximum Gasteiger partial charge on any atom is 0.229 e. The zero-order chi connectivity index (χ0) is 14.5. The second kappa shape index (κ2) is 8.17. The monoisotopic (exact) mass is 372 g/mol. The number of halogens is 2. The number of carbonyl (C=O) groups is 1. The number of anilines is 1. The molecular formula is C14H18BrClN4O. The summed E-state index contributed by atoms with van der Waals surface area (Å²) in [5.41, 5.74) is 6.60. The van der Waals surface area contributed by atoms with Crippen molar-refractivity contribution in [2.45, 2.75) is 13.5 Å². The van der Waals surface area contributed by atoms with E-state index in [4.69, 9.17) is 5.73 Å². The van der Waals surface area contributed by atoms with Crippen molar-refractivity contribution >= 4 is 40.1 Å². The summed E-state index contributed by atoms with van der Waals surface area (Å²) in [5, 5.41) is 7.08. The van der Waals surface area contributed by atoms with Gasteiger partial charge in [-0.15, -0.1) is 12.4 Å². The summed E-state index contributed by atoms with van der Waals surface area (Å²) in [6.45, 7) is 2.73. The summed E-state index contributed by atoms with van der Waals surface area (Å²) in [6, 6.07) is 9.76. The molecule has 0 saturated carbocycles. The fraction of sp³-hybridized carbons (Fsp3) is 0.286. The Kier molecular flexibility index (Phi) is 6.87. The molecule has 2 aromatic rings. The van der Waals surface area contributed by atoms with E-state index in [-0.39, 0.29) is 24.2 Å². The number of hydrogen-bond donors (Lipinski definition) is 2. The van der Waals surface area contributed by atoms with Gasteiger partial charge in [0.25, 0.3) is 0 Å². The van der Waals surface area contributed by atoms with Crippen LogP contribution >= 0.6 is 28.3 Å². The van der Waals surface area contributed by atoms with E-state index in [0.29, 0.717) is 18.9 Å². The Balaban J connectivity index is 0.00000220. The van der Waals surface area contributed by atoms with Crippen molar-refractivity contribution < 1.29 is 4.79 Å². The highest BCUT2D eigenvalue weighted by Gasteiger charge is 2.13. The maximum absolute atomic E-state index is 11.9. The molecule has 0 aliphatic carbocycles. The summed E-state index contributed by atoms with van der Waals surface area (Å²) >= 11 is 3.40. The first kappa shape index (κ1) is 17.7. The van der Waals surface area contributed by atoms with E-state index in [9.17, 15) is 4.79 Å². The van der Waals surface area contributed by atoms with Gasteiger partial charge in [-0.05, 0) is 17.7 Å². The van der Waals surface area contributed by atoms with Crippen molar-refractivity contribution in [1.82, 2.24) is 9.78 Å². The second-order valence-electron chi connectivity index (χ2n) is 4.63. The summed E-state index contributed by atoms with van der Waals surface area (Å²) in [5.74, 6) is 0.370. The fourth-order valence-corrected chi connectivity index (χ4v) is 1.95. The van der Waals surface area contributed by atoms with Crippen LogP contribution in [-0.4, -0.2) is 22.2 Å². The quantitative estimate of drug-likeness (QED) is 0.846. The number of amides is 1. The van der Waals surface area contributed by atoms with E-state index < -0.39 is 0 Å². The number of carbonyl (C=O) groups excluding carboxylic acids is 1. The standard InChI is InChI=1S/C14H17BrN4O.ClH/c1-10(8-16)14(20)18-13-6-7-17-19(13)9-11-2-4-12(15)5-3-11;/h2-7,10H,8-9,16H2,1H3,(H,18,20);1H. The van der Waals surface area contributed by atoms with Gasteiger partial charge >= 0.3 is 0 Å². The molecule has 114 valence electrons. The van der Waals surface area contributed by atoms with Crippen molar-refractivity contribution in [3.05, 3.63) is 46.6 Å². The van der Waals surface area contributed by atoms with E-state index in [0.717, 1.165) is 10.0 Å². The molecule has 1 aromatic heterocycles. The lowest BCUT2D eigenvalue weighted by Crippen LogP contribution is -2.27. The number of nitrogens with zero attached hydrogens (tertiary/aromatic N) is 2. The molecule has 0 aliphatic rings. The molecule has 2 rings (SSSR count). The van der Waals surface area contributed by atoms with E-state index in [1.807, 2.05) is 24.3 Å². The van der Waals surface area contributed by atoms with Crippen LogP contribution in [-0.2, 0) is 11.3 Å². The Labute approximate surface area is 138 Å². The molecule has 3 N–H and O–H groups in total. The van der Waals surface area contributed by atoms with Crippen LogP contribution in [0.4, 0.5) is 5.82 Å². The van der Waals surface area contributed by atoms with E-state index in [1.165, 1.54) is 0 Å². The van der Waals surface area contributed by atoms with Gasteiger partial charge in [0.05, 0.1) is 12.7 Å². The highest BCUT2D eigenvalue weighted by atomic mass is 79.9. The molecule has 1 amide bonds. The molecule has 0 spiro atoms. The maximum atomic E-state index is 11.9. The van der Waals surface area contributed by atoms with Gasteiger partial charge in [0, 0.05) is 23.0 Å². The first-order valence-corrected chi connectivity index (χ1v) is 7.16. The van der Waals surface area contributed by atoms with Gasteiger partial charge in [-0.3, -0.25) is 4.79 Å². The summed E-state index contributed by atoms with van der Waals surface area (Å²) in [4.78, 5) is 11.9. The predicted molar refractivity (Wildman–Crippen MR) is 89.6 cm³/mol. The number of nitrogens with two attached hydrogens (primary N) is 1. The minimum absolute atomic E-state index is 0. The van der Waals surface area contributed by atoms with Gasteiger partial charge < -0.3 is 11.1 Å². The zero-order valence-electron chi connectivity index (χ0n) is 11.6. The third-order valence-corrected chi connectivity index (χ3v) is 3.54. The van der Waals surface area contributed by atoms with Crippen LogP contribution in [0, 0.1) is 5.92 Å². The minimum atomic E-state index is -0.217. The highest BCUT2D eigenvalue weighted by molar-refractivity contribution is 9.10. The van der Waals surface area contributed by atoms with Gasteiger partial charge in [0.1, 0.15) is 5.82 Å². The van der Waals surface area contributed by atoms with Crippen LogP contribution in [0.15, 0.2) is 41.0 Å². The highest BCUT2D eigenvalue weighted by Crippen LogP contribution is 2.14. The predicted octanol–water partition coefficient (Wildman–Crippen LogP) is 2.65. The Morgan fingerprint density at radius 2 is 2.05 bits per heavy atom. The summed E-state index contributed by atoms with van der Waals surface area (Å²) in [6.07, 6.45) is 1.67. The van der Waals surface area contributed by atoms with Crippen molar-refractivity contribution in [1.29, 1.82) is 0 Å². The van der Waals surface area contributed by atoms with Crippen molar-refractivity contribution in [3.63, 3.8) is 0 Å². The van der Waals surface area contributed by atoms with E-state index >= 15 is 0 Å². The van der Waals surface area contributed by atoms with Crippen molar-refractivity contribution in [3.8, 4) is 0 Å². The lowest BCUT2D eigenvalue weighted by molar-refractivity contribution is -0.119. The first-order valence-electron chi connectivity index (χ1n) is 6.37. The van der Waals surface area contributed by atoms with Crippen LogP contribution in [0.2, 0.25) is 0 Å². The van der Waals surface area contributed by atoms with Gasteiger partial charge in [-0.1, -0.05) is 35.0 Å². The van der Waals surface area contributed by atoms with Gasteiger partial charge in [0.15, 0.2) is 0 Å². The molecule has 0 radical (unpaired) electrons. The van der Waals surface area contributed by atoms with Crippen LogP contribution in [0.5, 0.6) is 0 Å². The van der Waals surface area contributed by atoms with Crippen LogP contribution < -0.4 is 11.1 Å². The largest absolute Gasteiger partial charge is 0.330 e. The molecule has 0 saturated heterocycles. The molecule has 0 bridgehead atoms. The smallest absolute Gasteiger partial charge is 0.229 e. The minimum Gasteiger partial charge on any atom is -0.330 e. The van der Waals surface area contributed by atoms with Gasteiger partial charge in [0.2, 0.25) is 5.91 Å². The Bertz CT molecular complexity index is 585. The molecule has 21 heavy (non-hydrogen) atoms. The third-order valence-electron chi connectivity index (χ3n) is 3.01. The Morgan fingerprint density at radius 3 is 2.67 bits per heavy atom. The molecule has 0 fully saturated rings. The molecule has 1 atom stereocenters. The Morgan fingerprint density at radius 1 is 1.38 bits per heavy atom. The second-order valence-corrected chi connectivity index (χ2v) is 5.54. The molecule has 0 aliphatic heterocycles. The fourth-order valence-electron chi connectivity index (χ4n) is 1.68. The lowest BCUT2D eigenvalue weighted by Gasteiger charge is -2.12. The Hall–Kier alpha value is -1.37. The number of benzene rings is 1. The van der Waals surface area contributed by atoms with E-state index in [1.54, 1.807) is 23.9 Å².